The van der Waals surface area contributed by atoms with E-state index in [2.05, 4.69) is 9.80 Å². The fourth-order valence-corrected chi connectivity index (χ4v) is 7.57. The standard InChI is InChI=1S/C28H36FN3O3/c29-19-6-9-25-24(14-19)28(17-31(25)26(33)18-4-5-18)10-12-30(13-11-28)22-15-20-7-8-21(16-22)32(20)27(34)35-23-2-1-3-23/h6,9,14,18,20-23H,1-5,7-8,10-13,15-17H2. The van der Waals surface area contributed by atoms with Gasteiger partial charge in [-0.05, 0) is 107 Å². The summed E-state index contributed by atoms with van der Waals surface area (Å²) in [6, 6.07) is 6.11. The second-order valence-corrected chi connectivity index (χ2v) is 12.0. The summed E-state index contributed by atoms with van der Waals surface area (Å²) in [5.74, 6) is 0.193. The Morgan fingerprint density at radius 2 is 1.66 bits per heavy atom. The van der Waals surface area contributed by atoms with Crippen LogP contribution < -0.4 is 4.90 Å². The lowest BCUT2D eigenvalue weighted by Crippen LogP contribution is -2.56. The molecule has 2 aliphatic carbocycles. The number of carbonyl (C=O) groups is 2. The molecule has 2 amide bonds. The maximum absolute atomic E-state index is 14.3. The predicted octanol–water partition coefficient (Wildman–Crippen LogP) is 4.60. The molecular weight excluding hydrogens is 445 g/mol. The van der Waals surface area contributed by atoms with E-state index in [1.54, 1.807) is 6.07 Å². The second kappa shape index (κ2) is 8.19. The zero-order chi connectivity index (χ0) is 23.7. The Kier molecular flexibility index (Phi) is 5.16. The monoisotopic (exact) mass is 481 g/mol. The maximum atomic E-state index is 14.3. The average Bonchev–Trinajstić information content (AvgIpc) is 3.59. The molecule has 188 valence electrons. The molecule has 4 aliphatic heterocycles. The molecule has 2 saturated carbocycles. The van der Waals surface area contributed by atoms with E-state index in [1.165, 1.54) is 12.5 Å². The first-order valence-corrected chi connectivity index (χ1v) is 13.9. The van der Waals surface area contributed by atoms with Gasteiger partial charge in [-0.15, -0.1) is 0 Å². The molecule has 1 spiro atoms. The fraction of sp³-hybridized carbons (Fsp3) is 0.714. The number of fused-ring (bicyclic) bond motifs is 4. The van der Waals surface area contributed by atoms with Crippen LogP contribution in [0.4, 0.5) is 14.9 Å². The Morgan fingerprint density at radius 1 is 0.943 bits per heavy atom. The van der Waals surface area contributed by atoms with E-state index in [1.807, 2.05) is 11.0 Å². The van der Waals surface area contributed by atoms with Gasteiger partial charge in [0.1, 0.15) is 11.9 Å². The largest absolute Gasteiger partial charge is 0.446 e. The third-order valence-electron chi connectivity index (χ3n) is 9.98. The number of likely N-dealkylation sites (tertiary alicyclic amines) is 1. The van der Waals surface area contributed by atoms with Gasteiger partial charge in [0.2, 0.25) is 5.91 Å². The minimum absolute atomic E-state index is 0.0803. The van der Waals surface area contributed by atoms with E-state index in [9.17, 15) is 14.0 Å². The molecule has 3 saturated heterocycles. The second-order valence-electron chi connectivity index (χ2n) is 12.0. The van der Waals surface area contributed by atoms with Crippen molar-refractivity contribution < 1.29 is 18.7 Å². The smallest absolute Gasteiger partial charge is 0.410 e. The quantitative estimate of drug-likeness (QED) is 0.633. The van der Waals surface area contributed by atoms with Crippen LogP contribution in [0.25, 0.3) is 0 Å². The molecule has 35 heavy (non-hydrogen) atoms. The lowest BCUT2D eigenvalue weighted by molar-refractivity contribution is -0.119. The molecule has 0 radical (unpaired) electrons. The van der Waals surface area contributed by atoms with Crippen LogP contribution >= 0.6 is 0 Å². The first kappa shape index (κ1) is 22.1. The van der Waals surface area contributed by atoms with Gasteiger partial charge < -0.3 is 19.4 Å². The molecule has 5 fully saturated rings. The van der Waals surface area contributed by atoms with Gasteiger partial charge in [-0.3, -0.25) is 4.79 Å². The average molecular weight is 482 g/mol. The minimum Gasteiger partial charge on any atom is -0.446 e. The van der Waals surface area contributed by atoms with E-state index in [0.29, 0.717) is 24.7 Å². The number of benzene rings is 1. The van der Waals surface area contributed by atoms with Crippen molar-refractivity contribution in [2.45, 2.75) is 100 Å². The molecule has 6 nitrogen and oxygen atoms in total. The van der Waals surface area contributed by atoms with Crippen LogP contribution in [0.5, 0.6) is 0 Å². The van der Waals surface area contributed by atoms with Crippen molar-refractivity contribution >= 4 is 17.7 Å². The van der Waals surface area contributed by atoms with Crippen molar-refractivity contribution in [1.29, 1.82) is 0 Å². The number of nitrogens with zero attached hydrogens (tertiary/aromatic N) is 3. The molecule has 6 aliphatic rings. The van der Waals surface area contributed by atoms with Gasteiger partial charge in [0.15, 0.2) is 0 Å². The summed E-state index contributed by atoms with van der Waals surface area (Å²) in [4.78, 5) is 32.5. The van der Waals surface area contributed by atoms with Crippen LogP contribution in [0.1, 0.15) is 76.2 Å². The molecule has 1 aromatic carbocycles. The van der Waals surface area contributed by atoms with Crippen LogP contribution in [0.15, 0.2) is 18.2 Å². The summed E-state index contributed by atoms with van der Waals surface area (Å²) in [5, 5.41) is 0. The van der Waals surface area contributed by atoms with Gasteiger partial charge in [-0.1, -0.05) is 0 Å². The summed E-state index contributed by atoms with van der Waals surface area (Å²) >= 11 is 0. The zero-order valence-corrected chi connectivity index (χ0v) is 20.5. The Hall–Kier alpha value is -2.15. The van der Waals surface area contributed by atoms with E-state index >= 15 is 0 Å². The SMILES string of the molecule is O=C(C1CC1)N1CC2(CCN(C3CC4CCC(C3)N4C(=O)OC3CCC3)CC2)c2cc(F)ccc21. The Labute approximate surface area is 206 Å². The number of hydrogen-bond donors (Lipinski definition) is 0. The lowest BCUT2D eigenvalue weighted by Gasteiger charge is -2.47. The third kappa shape index (κ3) is 3.68. The first-order valence-electron chi connectivity index (χ1n) is 13.9. The highest BCUT2D eigenvalue weighted by molar-refractivity contribution is 5.99. The van der Waals surface area contributed by atoms with E-state index in [-0.39, 0.29) is 35.3 Å². The summed E-state index contributed by atoms with van der Waals surface area (Å²) in [7, 11) is 0. The number of piperidine rings is 2. The van der Waals surface area contributed by atoms with Crippen molar-refractivity contribution in [2.24, 2.45) is 5.92 Å². The topological polar surface area (TPSA) is 53.1 Å². The van der Waals surface area contributed by atoms with E-state index < -0.39 is 0 Å². The van der Waals surface area contributed by atoms with Crippen molar-refractivity contribution in [2.75, 3.05) is 24.5 Å². The third-order valence-corrected chi connectivity index (χ3v) is 9.98. The molecule has 0 aromatic heterocycles. The molecule has 2 unspecified atom stereocenters. The number of halogens is 1. The Balaban J connectivity index is 1.03. The Bertz CT molecular complexity index is 1020. The molecule has 0 N–H and O–H groups in total. The summed E-state index contributed by atoms with van der Waals surface area (Å²) < 4.78 is 20.1. The molecule has 7 rings (SSSR count). The van der Waals surface area contributed by atoms with Crippen LogP contribution in [0.2, 0.25) is 0 Å². The number of ether oxygens (including phenoxy) is 1. The molecular formula is C28H36FN3O3. The van der Waals surface area contributed by atoms with E-state index in [0.717, 1.165) is 88.5 Å². The number of anilines is 1. The van der Waals surface area contributed by atoms with E-state index in [4.69, 9.17) is 4.74 Å². The van der Waals surface area contributed by atoms with Crippen molar-refractivity contribution in [1.82, 2.24) is 9.80 Å². The number of rotatable bonds is 3. The van der Waals surface area contributed by atoms with Crippen molar-refractivity contribution in [3.63, 3.8) is 0 Å². The van der Waals surface area contributed by atoms with Gasteiger partial charge in [-0.2, -0.15) is 0 Å². The molecule has 7 heteroatoms. The summed E-state index contributed by atoms with van der Waals surface area (Å²) in [6.45, 7) is 2.64. The predicted molar refractivity (Wildman–Crippen MR) is 130 cm³/mol. The summed E-state index contributed by atoms with van der Waals surface area (Å²) in [5.41, 5.74) is 1.85. The molecule has 2 atom stereocenters. The first-order chi connectivity index (χ1) is 17.0. The molecule has 4 heterocycles. The molecule has 2 bridgehead atoms. The maximum Gasteiger partial charge on any atom is 0.410 e. The highest BCUT2D eigenvalue weighted by atomic mass is 19.1. The van der Waals surface area contributed by atoms with Crippen molar-refractivity contribution in [3.8, 4) is 0 Å². The van der Waals surface area contributed by atoms with Crippen LogP contribution in [-0.2, 0) is 14.9 Å². The van der Waals surface area contributed by atoms with Gasteiger partial charge in [0, 0.05) is 41.7 Å². The number of carbonyl (C=O) groups excluding carboxylic acids is 2. The summed E-state index contributed by atoms with van der Waals surface area (Å²) in [6.07, 6.45) is 11.4. The van der Waals surface area contributed by atoms with Crippen molar-refractivity contribution in [3.05, 3.63) is 29.6 Å². The highest BCUT2D eigenvalue weighted by Crippen LogP contribution is 2.50. The van der Waals surface area contributed by atoms with Crippen LogP contribution in [0, 0.1) is 11.7 Å². The number of hydrogen-bond acceptors (Lipinski definition) is 4. The van der Waals surface area contributed by atoms with Gasteiger partial charge in [0.05, 0.1) is 0 Å². The highest BCUT2D eigenvalue weighted by Gasteiger charge is 2.51. The van der Waals surface area contributed by atoms with Crippen LogP contribution in [-0.4, -0.2) is 65.7 Å². The minimum atomic E-state index is -0.205. The fourth-order valence-electron chi connectivity index (χ4n) is 7.57. The Morgan fingerprint density at radius 3 is 2.29 bits per heavy atom. The van der Waals surface area contributed by atoms with Crippen LogP contribution in [0.3, 0.4) is 0 Å². The zero-order valence-electron chi connectivity index (χ0n) is 20.5. The number of amides is 2. The lowest BCUT2D eigenvalue weighted by atomic mass is 9.73. The van der Waals surface area contributed by atoms with Gasteiger partial charge in [-0.25, -0.2) is 9.18 Å². The molecule has 1 aromatic rings. The van der Waals surface area contributed by atoms with Gasteiger partial charge in [0.25, 0.3) is 0 Å². The van der Waals surface area contributed by atoms with Gasteiger partial charge >= 0.3 is 6.09 Å². The normalized spacial score (nSPS) is 32.0.